The third-order valence-electron chi connectivity index (χ3n) is 3.65. The van der Waals surface area contributed by atoms with Crippen LogP contribution in [0.2, 0.25) is 5.02 Å². The van der Waals surface area contributed by atoms with Crippen molar-refractivity contribution >= 4 is 28.9 Å². The molecule has 0 aliphatic rings. The number of aliphatic hydroxyl groups excluding tert-OH is 1. The number of rotatable bonds is 5. The maximum absolute atomic E-state index is 12.3. The van der Waals surface area contributed by atoms with E-state index >= 15 is 0 Å². The van der Waals surface area contributed by atoms with Crippen LogP contribution in [0.25, 0.3) is 11.3 Å². The van der Waals surface area contributed by atoms with Gasteiger partial charge in [-0.3, -0.25) is 14.9 Å². The molecule has 0 spiro atoms. The number of amides is 1. The van der Waals surface area contributed by atoms with E-state index in [1.165, 1.54) is 24.3 Å². The Bertz CT molecular complexity index is 966. The summed E-state index contributed by atoms with van der Waals surface area (Å²) in [6, 6.07) is 13.5. The fourth-order valence-electron chi connectivity index (χ4n) is 2.34. The van der Waals surface area contributed by atoms with Gasteiger partial charge in [-0.1, -0.05) is 11.6 Å². The Hall–Kier alpha value is -3.16. The normalized spacial score (nSPS) is 10.5. The molecule has 0 saturated heterocycles. The molecule has 0 aliphatic carbocycles. The summed E-state index contributed by atoms with van der Waals surface area (Å²) in [4.78, 5) is 22.4. The summed E-state index contributed by atoms with van der Waals surface area (Å²) in [7, 11) is 0. The number of nitro groups is 1. The van der Waals surface area contributed by atoms with Gasteiger partial charge in [0.05, 0.1) is 9.95 Å². The van der Waals surface area contributed by atoms with E-state index in [-0.39, 0.29) is 17.9 Å². The average molecular weight is 373 g/mol. The van der Waals surface area contributed by atoms with Crippen LogP contribution in [0.15, 0.2) is 59.0 Å². The van der Waals surface area contributed by atoms with Gasteiger partial charge < -0.3 is 14.8 Å². The molecule has 0 fully saturated rings. The molecule has 7 nitrogen and oxygen atoms in total. The van der Waals surface area contributed by atoms with E-state index in [1.807, 2.05) is 0 Å². The lowest BCUT2D eigenvalue weighted by Gasteiger charge is -2.08. The number of halogens is 1. The van der Waals surface area contributed by atoms with Crippen LogP contribution in [0.1, 0.15) is 16.1 Å². The monoisotopic (exact) mass is 372 g/mol. The van der Waals surface area contributed by atoms with Gasteiger partial charge in [0.1, 0.15) is 18.1 Å². The highest BCUT2D eigenvalue weighted by atomic mass is 35.5. The molecule has 1 aromatic heterocycles. The van der Waals surface area contributed by atoms with Gasteiger partial charge in [-0.25, -0.2) is 0 Å². The second kappa shape index (κ2) is 7.38. The number of hydrogen-bond acceptors (Lipinski definition) is 5. The molecule has 0 aliphatic heterocycles. The van der Waals surface area contributed by atoms with Crippen LogP contribution < -0.4 is 5.32 Å². The van der Waals surface area contributed by atoms with Crippen molar-refractivity contribution in [1.29, 1.82) is 0 Å². The number of aliphatic hydroxyl groups is 1. The fourth-order valence-corrected chi connectivity index (χ4v) is 2.55. The molecule has 1 heterocycles. The summed E-state index contributed by atoms with van der Waals surface area (Å²) in [6.07, 6.45) is 0. The molecule has 3 rings (SSSR count). The molecule has 8 heteroatoms. The van der Waals surface area contributed by atoms with Gasteiger partial charge in [0.25, 0.3) is 11.6 Å². The highest BCUT2D eigenvalue weighted by molar-refractivity contribution is 6.33. The van der Waals surface area contributed by atoms with Gasteiger partial charge in [-0.15, -0.1) is 0 Å². The first kappa shape index (κ1) is 17.7. The second-order valence-electron chi connectivity index (χ2n) is 5.38. The largest absolute Gasteiger partial charge is 0.459 e. The second-order valence-corrected chi connectivity index (χ2v) is 5.78. The average Bonchev–Trinajstić information content (AvgIpc) is 3.12. The van der Waals surface area contributed by atoms with Crippen molar-refractivity contribution in [1.82, 2.24) is 0 Å². The number of nitro benzene ring substituents is 1. The summed E-state index contributed by atoms with van der Waals surface area (Å²) in [5, 5.41) is 22.9. The maximum Gasteiger partial charge on any atom is 0.269 e. The van der Waals surface area contributed by atoms with E-state index in [0.717, 1.165) is 0 Å². The van der Waals surface area contributed by atoms with Gasteiger partial charge in [0.15, 0.2) is 0 Å². The zero-order valence-corrected chi connectivity index (χ0v) is 14.1. The SMILES string of the molecule is O=C(Nc1ccc(Cl)c(-c2ccc(CO)o2)c1)c1ccc([N+](=O)[O-])cc1. The first-order valence-electron chi connectivity index (χ1n) is 7.53. The summed E-state index contributed by atoms with van der Waals surface area (Å²) in [5.41, 5.74) is 1.24. The van der Waals surface area contributed by atoms with Crippen LogP contribution in [0.3, 0.4) is 0 Å². The summed E-state index contributed by atoms with van der Waals surface area (Å²) < 4.78 is 5.47. The Morgan fingerprint density at radius 3 is 2.50 bits per heavy atom. The van der Waals surface area contributed by atoms with E-state index in [9.17, 15) is 14.9 Å². The van der Waals surface area contributed by atoms with Gasteiger partial charge in [0.2, 0.25) is 0 Å². The Balaban J connectivity index is 1.82. The maximum atomic E-state index is 12.3. The van der Waals surface area contributed by atoms with Gasteiger partial charge in [-0.2, -0.15) is 0 Å². The minimum atomic E-state index is -0.531. The zero-order chi connectivity index (χ0) is 18.7. The van der Waals surface area contributed by atoms with Crippen molar-refractivity contribution < 1.29 is 19.2 Å². The molecule has 0 bridgehead atoms. The minimum absolute atomic E-state index is 0.0900. The number of non-ortho nitro benzene ring substituents is 1. The number of furan rings is 1. The molecular formula is C18H13ClN2O5. The summed E-state index contributed by atoms with van der Waals surface area (Å²) >= 11 is 6.18. The third-order valence-corrected chi connectivity index (χ3v) is 3.98. The van der Waals surface area contributed by atoms with Crippen LogP contribution in [0.4, 0.5) is 11.4 Å². The highest BCUT2D eigenvalue weighted by Crippen LogP contribution is 2.32. The number of hydrogen-bond donors (Lipinski definition) is 2. The van der Waals surface area contributed by atoms with Crippen molar-refractivity contribution in [3.63, 3.8) is 0 Å². The summed E-state index contributed by atoms with van der Waals surface area (Å²) in [6.45, 7) is -0.228. The molecule has 1 amide bonds. The predicted octanol–water partition coefficient (Wildman–Crippen LogP) is 4.25. The van der Waals surface area contributed by atoms with E-state index in [0.29, 0.717) is 27.8 Å². The molecule has 132 valence electrons. The lowest BCUT2D eigenvalue weighted by Crippen LogP contribution is -2.11. The van der Waals surface area contributed by atoms with Crippen LogP contribution in [-0.4, -0.2) is 15.9 Å². The molecule has 2 aromatic carbocycles. The highest BCUT2D eigenvalue weighted by Gasteiger charge is 2.13. The van der Waals surface area contributed by atoms with E-state index < -0.39 is 10.8 Å². The molecule has 0 unspecified atom stereocenters. The molecule has 2 N–H and O–H groups in total. The van der Waals surface area contributed by atoms with Crippen molar-refractivity contribution in [2.45, 2.75) is 6.61 Å². The predicted molar refractivity (Wildman–Crippen MR) is 96.1 cm³/mol. The molecule has 26 heavy (non-hydrogen) atoms. The standard InChI is InChI=1S/C18H13ClN2O5/c19-16-7-3-12(9-15(16)17-8-6-14(10-22)26-17)20-18(23)11-1-4-13(5-2-11)21(24)25/h1-9,22H,10H2,(H,20,23). The van der Waals surface area contributed by atoms with Crippen LogP contribution in [0, 0.1) is 10.1 Å². The smallest absolute Gasteiger partial charge is 0.269 e. The topological polar surface area (TPSA) is 106 Å². The number of carbonyl (C=O) groups excluding carboxylic acids is 1. The van der Waals surface area contributed by atoms with E-state index in [4.69, 9.17) is 21.1 Å². The molecule has 3 aromatic rings. The zero-order valence-electron chi connectivity index (χ0n) is 13.3. The first-order chi connectivity index (χ1) is 12.5. The van der Waals surface area contributed by atoms with Crippen LogP contribution in [0.5, 0.6) is 0 Å². The Labute approximate surface area is 153 Å². The summed E-state index contributed by atoms with van der Waals surface area (Å²) in [5.74, 6) is 0.450. The van der Waals surface area contributed by atoms with Crippen LogP contribution >= 0.6 is 11.6 Å². The number of anilines is 1. The van der Waals surface area contributed by atoms with Gasteiger partial charge in [-0.05, 0) is 42.5 Å². The van der Waals surface area contributed by atoms with Gasteiger partial charge in [0, 0.05) is 28.9 Å². The van der Waals surface area contributed by atoms with Gasteiger partial charge >= 0.3 is 0 Å². The Morgan fingerprint density at radius 2 is 1.88 bits per heavy atom. The number of benzene rings is 2. The van der Waals surface area contributed by atoms with Crippen LogP contribution in [-0.2, 0) is 6.61 Å². The fraction of sp³-hybridized carbons (Fsp3) is 0.0556. The molecule has 0 saturated carbocycles. The first-order valence-corrected chi connectivity index (χ1v) is 7.91. The molecular weight excluding hydrogens is 360 g/mol. The van der Waals surface area contributed by atoms with Crippen molar-refractivity contribution in [3.05, 3.63) is 81.1 Å². The number of carbonyl (C=O) groups is 1. The van der Waals surface area contributed by atoms with E-state index in [1.54, 1.807) is 30.3 Å². The third kappa shape index (κ3) is 3.74. The molecule has 0 atom stereocenters. The van der Waals surface area contributed by atoms with Crippen molar-refractivity contribution in [2.24, 2.45) is 0 Å². The number of nitrogens with zero attached hydrogens (tertiary/aromatic N) is 1. The number of nitrogens with one attached hydrogen (secondary N) is 1. The minimum Gasteiger partial charge on any atom is -0.459 e. The van der Waals surface area contributed by atoms with Crippen molar-refractivity contribution in [3.8, 4) is 11.3 Å². The van der Waals surface area contributed by atoms with Crippen molar-refractivity contribution in [2.75, 3.05) is 5.32 Å². The quantitative estimate of drug-likeness (QED) is 0.514. The molecule has 0 radical (unpaired) electrons. The lowest BCUT2D eigenvalue weighted by atomic mass is 10.1. The Kier molecular flexibility index (Phi) is 5.01. The lowest BCUT2D eigenvalue weighted by molar-refractivity contribution is -0.384. The van der Waals surface area contributed by atoms with E-state index in [2.05, 4.69) is 5.32 Å². The Morgan fingerprint density at radius 1 is 1.15 bits per heavy atom.